The summed E-state index contributed by atoms with van der Waals surface area (Å²) >= 11 is 7.43. The van der Waals surface area contributed by atoms with Crippen LogP contribution in [0.2, 0.25) is 0 Å². The second-order valence-corrected chi connectivity index (χ2v) is 6.77. The monoisotopic (exact) mass is 410 g/mol. The number of methoxy groups -OCH3 is 1. The minimum atomic E-state index is 0.196. The zero-order chi connectivity index (χ0) is 15.4. The van der Waals surface area contributed by atoms with Gasteiger partial charge in [0.05, 0.1) is 16.4 Å². The van der Waals surface area contributed by atoms with E-state index in [-0.39, 0.29) is 4.83 Å². The third kappa shape index (κ3) is 3.70. The van der Waals surface area contributed by atoms with Crippen molar-refractivity contribution >= 4 is 31.9 Å². The van der Waals surface area contributed by atoms with E-state index in [1.54, 1.807) is 7.11 Å². The minimum Gasteiger partial charge on any atom is -0.496 e. The Morgan fingerprint density at radius 3 is 2.38 bits per heavy atom. The molecule has 0 radical (unpaired) electrons. The van der Waals surface area contributed by atoms with Gasteiger partial charge >= 0.3 is 0 Å². The molecule has 0 saturated heterocycles. The Kier molecular flexibility index (Phi) is 5.88. The van der Waals surface area contributed by atoms with Crippen LogP contribution in [0.15, 0.2) is 40.9 Å². The summed E-state index contributed by atoms with van der Waals surface area (Å²) in [7, 11) is 1.69. The van der Waals surface area contributed by atoms with Crippen LogP contribution in [0, 0.1) is 0 Å². The summed E-state index contributed by atoms with van der Waals surface area (Å²) in [4.78, 5) is 0.196. The van der Waals surface area contributed by atoms with Gasteiger partial charge in [0.1, 0.15) is 5.75 Å². The molecule has 0 amide bonds. The maximum absolute atomic E-state index is 5.30. The van der Waals surface area contributed by atoms with Crippen molar-refractivity contribution in [3.63, 3.8) is 0 Å². The van der Waals surface area contributed by atoms with Gasteiger partial charge in [0.15, 0.2) is 0 Å². The lowest BCUT2D eigenvalue weighted by Crippen LogP contribution is -2.00. The van der Waals surface area contributed by atoms with Crippen molar-refractivity contribution in [2.45, 2.75) is 31.5 Å². The largest absolute Gasteiger partial charge is 0.496 e. The van der Waals surface area contributed by atoms with E-state index in [9.17, 15) is 0 Å². The van der Waals surface area contributed by atoms with Gasteiger partial charge in [-0.05, 0) is 63.2 Å². The fourth-order valence-electron chi connectivity index (χ4n) is 2.44. The first kappa shape index (κ1) is 16.6. The van der Waals surface area contributed by atoms with Crippen LogP contribution in [0.1, 0.15) is 40.9 Å². The van der Waals surface area contributed by atoms with Gasteiger partial charge in [0.2, 0.25) is 0 Å². The smallest absolute Gasteiger partial charge is 0.133 e. The molecule has 1 unspecified atom stereocenters. The second-order valence-electron chi connectivity index (χ2n) is 5.00. The van der Waals surface area contributed by atoms with E-state index >= 15 is 0 Å². The Hall–Kier alpha value is -0.800. The highest BCUT2D eigenvalue weighted by atomic mass is 79.9. The molecule has 0 aliphatic carbocycles. The van der Waals surface area contributed by atoms with Crippen molar-refractivity contribution < 1.29 is 4.74 Å². The molecule has 1 nitrogen and oxygen atoms in total. The van der Waals surface area contributed by atoms with E-state index in [1.165, 1.54) is 22.3 Å². The third-order valence-corrected chi connectivity index (χ3v) is 5.38. The first-order valence-corrected chi connectivity index (χ1v) is 8.90. The number of benzene rings is 2. The molecule has 0 saturated carbocycles. The molecule has 0 aliphatic rings. The van der Waals surface area contributed by atoms with Crippen LogP contribution in [-0.4, -0.2) is 7.11 Å². The lowest BCUT2D eigenvalue weighted by Gasteiger charge is -2.17. The SMILES string of the molecule is CCc1ccc(CC)c(C(Br)c2ccc(OC)c(Br)c2)c1. The normalized spacial score (nSPS) is 12.2. The van der Waals surface area contributed by atoms with Crippen molar-refractivity contribution in [1.29, 1.82) is 0 Å². The van der Waals surface area contributed by atoms with Gasteiger partial charge in [-0.1, -0.05) is 54.0 Å². The van der Waals surface area contributed by atoms with Crippen LogP contribution in [0.3, 0.4) is 0 Å². The predicted molar refractivity (Wildman–Crippen MR) is 96.7 cm³/mol. The fraction of sp³-hybridized carbons (Fsp3) is 0.333. The molecule has 2 aromatic rings. The molecule has 0 N–H and O–H groups in total. The number of aryl methyl sites for hydroxylation is 2. The summed E-state index contributed by atoms with van der Waals surface area (Å²) < 4.78 is 6.29. The summed E-state index contributed by atoms with van der Waals surface area (Å²) in [5.74, 6) is 0.858. The van der Waals surface area contributed by atoms with Crippen LogP contribution in [0.4, 0.5) is 0 Å². The number of hydrogen-bond donors (Lipinski definition) is 0. The number of rotatable bonds is 5. The van der Waals surface area contributed by atoms with Crippen molar-refractivity contribution in [2.24, 2.45) is 0 Å². The zero-order valence-electron chi connectivity index (χ0n) is 12.6. The number of halogens is 2. The van der Waals surface area contributed by atoms with E-state index in [4.69, 9.17) is 4.74 Å². The zero-order valence-corrected chi connectivity index (χ0v) is 15.8. The second kappa shape index (κ2) is 7.46. The van der Waals surface area contributed by atoms with Crippen molar-refractivity contribution in [1.82, 2.24) is 0 Å². The van der Waals surface area contributed by atoms with Gasteiger partial charge in [-0.2, -0.15) is 0 Å². The molecule has 0 fully saturated rings. The topological polar surface area (TPSA) is 9.23 Å². The van der Waals surface area contributed by atoms with Crippen molar-refractivity contribution in [3.05, 3.63) is 63.1 Å². The Labute approximate surface area is 144 Å². The lowest BCUT2D eigenvalue weighted by atomic mass is 9.95. The van der Waals surface area contributed by atoms with Crippen LogP contribution >= 0.6 is 31.9 Å². The molecule has 0 aromatic heterocycles. The standard InChI is InChI=1S/C18H20Br2O/c1-4-12-6-7-13(5-2)15(10-12)18(20)14-8-9-17(21-3)16(19)11-14/h6-11,18H,4-5H2,1-3H3. The highest BCUT2D eigenvalue weighted by Crippen LogP contribution is 2.37. The number of alkyl halides is 1. The number of hydrogen-bond acceptors (Lipinski definition) is 1. The first-order chi connectivity index (χ1) is 10.1. The van der Waals surface area contributed by atoms with Gasteiger partial charge < -0.3 is 4.74 Å². The summed E-state index contributed by atoms with van der Waals surface area (Å²) in [5.41, 5.74) is 5.35. The molecule has 0 spiro atoms. The van der Waals surface area contributed by atoms with Gasteiger partial charge in [-0.25, -0.2) is 0 Å². The Morgan fingerprint density at radius 1 is 1.05 bits per heavy atom. The fourth-order valence-corrected chi connectivity index (χ4v) is 3.71. The highest BCUT2D eigenvalue weighted by molar-refractivity contribution is 9.10. The van der Waals surface area contributed by atoms with Gasteiger partial charge in [0, 0.05) is 0 Å². The molecular formula is C18H20Br2O. The first-order valence-electron chi connectivity index (χ1n) is 7.19. The summed E-state index contributed by atoms with van der Waals surface area (Å²) in [6.07, 6.45) is 2.10. The molecule has 112 valence electrons. The molecule has 0 bridgehead atoms. The summed E-state index contributed by atoms with van der Waals surface area (Å²) in [6.45, 7) is 4.39. The van der Waals surface area contributed by atoms with E-state index < -0.39 is 0 Å². The molecule has 3 heteroatoms. The lowest BCUT2D eigenvalue weighted by molar-refractivity contribution is 0.412. The van der Waals surface area contributed by atoms with Crippen LogP contribution in [-0.2, 0) is 12.8 Å². The van der Waals surface area contributed by atoms with Crippen LogP contribution < -0.4 is 4.74 Å². The maximum atomic E-state index is 5.30. The Morgan fingerprint density at radius 2 is 1.81 bits per heavy atom. The van der Waals surface area contributed by atoms with Gasteiger partial charge in [0.25, 0.3) is 0 Å². The molecule has 2 rings (SSSR count). The minimum absolute atomic E-state index is 0.196. The van der Waals surface area contributed by atoms with Crippen molar-refractivity contribution in [2.75, 3.05) is 7.11 Å². The quantitative estimate of drug-likeness (QED) is 0.542. The molecule has 0 heterocycles. The highest BCUT2D eigenvalue weighted by Gasteiger charge is 2.15. The van der Waals surface area contributed by atoms with E-state index in [1.807, 2.05) is 6.07 Å². The predicted octanol–water partition coefficient (Wildman–Crippen LogP) is 6.07. The average molecular weight is 412 g/mol. The van der Waals surface area contributed by atoms with Gasteiger partial charge in [-0.3, -0.25) is 0 Å². The average Bonchev–Trinajstić information content (AvgIpc) is 2.53. The van der Waals surface area contributed by atoms with Crippen LogP contribution in [0.25, 0.3) is 0 Å². The molecular weight excluding hydrogens is 392 g/mol. The molecule has 2 aromatic carbocycles. The molecule has 0 aliphatic heterocycles. The van der Waals surface area contributed by atoms with Crippen LogP contribution in [0.5, 0.6) is 5.75 Å². The Bertz CT molecular complexity index is 623. The molecule has 21 heavy (non-hydrogen) atoms. The summed E-state index contributed by atoms with van der Waals surface area (Å²) in [6, 6.07) is 13.0. The van der Waals surface area contributed by atoms with E-state index in [0.29, 0.717) is 0 Å². The summed E-state index contributed by atoms with van der Waals surface area (Å²) in [5, 5.41) is 0. The van der Waals surface area contributed by atoms with E-state index in [0.717, 1.165) is 23.1 Å². The Balaban J connectivity index is 2.43. The third-order valence-electron chi connectivity index (χ3n) is 3.74. The molecule has 1 atom stereocenters. The van der Waals surface area contributed by atoms with Crippen molar-refractivity contribution in [3.8, 4) is 5.75 Å². The van der Waals surface area contributed by atoms with Gasteiger partial charge in [-0.15, -0.1) is 0 Å². The number of ether oxygens (including phenoxy) is 1. The maximum Gasteiger partial charge on any atom is 0.133 e. The van der Waals surface area contributed by atoms with E-state index in [2.05, 4.69) is 76.0 Å².